The van der Waals surface area contributed by atoms with Gasteiger partial charge in [-0.3, -0.25) is 4.98 Å². The average molecular weight is 327 g/mol. The van der Waals surface area contributed by atoms with Crippen molar-refractivity contribution in [2.45, 2.75) is 50.7 Å². The highest BCUT2D eigenvalue weighted by atomic mass is 79.9. The molecule has 1 fully saturated rings. The Kier molecular flexibility index (Phi) is 4.98. The second kappa shape index (κ2) is 6.33. The maximum absolute atomic E-state index is 6.47. The van der Waals surface area contributed by atoms with Crippen LogP contribution in [0.1, 0.15) is 38.2 Å². The molecule has 1 aliphatic rings. The predicted octanol–water partition coefficient (Wildman–Crippen LogP) is 3.31. The number of pyridine rings is 1. The number of rotatable bonds is 4. The van der Waals surface area contributed by atoms with E-state index < -0.39 is 0 Å². The summed E-state index contributed by atoms with van der Waals surface area (Å²) >= 11 is 3.45. The zero-order valence-corrected chi connectivity index (χ0v) is 13.3. The van der Waals surface area contributed by atoms with Gasteiger partial charge in [0.2, 0.25) is 0 Å². The summed E-state index contributed by atoms with van der Waals surface area (Å²) < 4.78 is 6.86. The molecular weight excluding hydrogens is 304 g/mol. The standard InChI is InChI=1S/C15H23BrN2O/c1-11-4-3-5-15(8-11,19-2)14(17)7-12-6-13(16)10-18-9-12/h6,9-11,14H,3-5,7-8,17H2,1-2H3. The van der Waals surface area contributed by atoms with Gasteiger partial charge in [0, 0.05) is 30.0 Å². The van der Waals surface area contributed by atoms with Crippen molar-refractivity contribution in [1.29, 1.82) is 0 Å². The molecule has 0 saturated heterocycles. The molecule has 3 nitrogen and oxygen atoms in total. The molecule has 1 saturated carbocycles. The van der Waals surface area contributed by atoms with Crippen molar-refractivity contribution in [2.24, 2.45) is 11.7 Å². The highest BCUT2D eigenvalue weighted by molar-refractivity contribution is 9.10. The fraction of sp³-hybridized carbons (Fsp3) is 0.667. The van der Waals surface area contributed by atoms with Crippen molar-refractivity contribution in [3.05, 3.63) is 28.5 Å². The monoisotopic (exact) mass is 326 g/mol. The highest BCUT2D eigenvalue weighted by Gasteiger charge is 2.40. The molecule has 106 valence electrons. The van der Waals surface area contributed by atoms with E-state index in [1.54, 1.807) is 13.3 Å². The number of hydrogen-bond acceptors (Lipinski definition) is 3. The summed E-state index contributed by atoms with van der Waals surface area (Å²) in [6.07, 6.45) is 9.12. The summed E-state index contributed by atoms with van der Waals surface area (Å²) in [5, 5.41) is 0. The lowest BCUT2D eigenvalue weighted by atomic mass is 9.73. The van der Waals surface area contributed by atoms with Gasteiger partial charge in [-0.1, -0.05) is 19.8 Å². The van der Waals surface area contributed by atoms with E-state index in [4.69, 9.17) is 10.5 Å². The first-order chi connectivity index (χ1) is 9.05. The van der Waals surface area contributed by atoms with Crippen LogP contribution in [0.15, 0.2) is 22.9 Å². The molecule has 0 aliphatic heterocycles. The minimum Gasteiger partial charge on any atom is -0.377 e. The zero-order valence-electron chi connectivity index (χ0n) is 11.7. The molecular formula is C15H23BrN2O. The molecule has 4 heteroatoms. The largest absolute Gasteiger partial charge is 0.377 e. The van der Waals surface area contributed by atoms with Gasteiger partial charge in [0.15, 0.2) is 0 Å². The molecule has 0 aromatic carbocycles. The van der Waals surface area contributed by atoms with Crippen molar-refractivity contribution < 1.29 is 4.74 Å². The summed E-state index contributed by atoms with van der Waals surface area (Å²) in [5.74, 6) is 0.695. The third-order valence-electron chi connectivity index (χ3n) is 4.29. The summed E-state index contributed by atoms with van der Waals surface area (Å²) in [6, 6.07) is 2.11. The van der Waals surface area contributed by atoms with Crippen LogP contribution in [0.2, 0.25) is 0 Å². The molecule has 1 aromatic rings. The third kappa shape index (κ3) is 3.56. The average Bonchev–Trinajstić information content (AvgIpc) is 2.38. The number of methoxy groups -OCH3 is 1. The maximum atomic E-state index is 6.47. The minimum atomic E-state index is -0.167. The van der Waals surface area contributed by atoms with Gasteiger partial charge in [0.05, 0.1) is 5.60 Å². The third-order valence-corrected chi connectivity index (χ3v) is 4.72. The lowest BCUT2D eigenvalue weighted by Gasteiger charge is -2.43. The molecule has 0 amide bonds. The molecule has 3 atom stereocenters. The normalized spacial score (nSPS) is 29.2. The van der Waals surface area contributed by atoms with Gasteiger partial charge in [0.1, 0.15) is 0 Å². The van der Waals surface area contributed by atoms with Gasteiger partial charge < -0.3 is 10.5 Å². The second-order valence-electron chi connectivity index (χ2n) is 5.79. The first-order valence-electron chi connectivity index (χ1n) is 6.96. The fourth-order valence-corrected chi connectivity index (χ4v) is 3.64. The molecule has 2 N–H and O–H groups in total. The summed E-state index contributed by atoms with van der Waals surface area (Å²) in [4.78, 5) is 4.20. The van der Waals surface area contributed by atoms with Gasteiger partial charge >= 0.3 is 0 Å². The van der Waals surface area contributed by atoms with Crippen molar-refractivity contribution in [2.75, 3.05) is 7.11 Å². The molecule has 0 bridgehead atoms. The van der Waals surface area contributed by atoms with E-state index in [9.17, 15) is 0 Å². The van der Waals surface area contributed by atoms with Gasteiger partial charge in [-0.05, 0) is 52.7 Å². The summed E-state index contributed by atoms with van der Waals surface area (Å²) in [6.45, 7) is 2.29. The fourth-order valence-electron chi connectivity index (χ4n) is 3.22. The molecule has 3 unspecified atom stereocenters. The van der Waals surface area contributed by atoms with E-state index in [1.165, 1.54) is 12.8 Å². The van der Waals surface area contributed by atoms with Crippen LogP contribution >= 0.6 is 15.9 Å². The number of ether oxygens (including phenoxy) is 1. The van der Waals surface area contributed by atoms with Gasteiger partial charge in [-0.2, -0.15) is 0 Å². The smallest absolute Gasteiger partial charge is 0.0834 e. The minimum absolute atomic E-state index is 0.0244. The predicted molar refractivity (Wildman–Crippen MR) is 81.0 cm³/mol. The van der Waals surface area contributed by atoms with Crippen LogP contribution in [0.25, 0.3) is 0 Å². The molecule has 1 aliphatic carbocycles. The Labute approximate surface area is 124 Å². The number of nitrogens with two attached hydrogens (primary N) is 1. The number of aromatic nitrogens is 1. The van der Waals surface area contributed by atoms with Crippen LogP contribution < -0.4 is 5.73 Å². The van der Waals surface area contributed by atoms with Gasteiger partial charge in [0.25, 0.3) is 0 Å². The molecule has 2 rings (SSSR count). The van der Waals surface area contributed by atoms with Crippen molar-refractivity contribution in [1.82, 2.24) is 4.98 Å². The Morgan fingerprint density at radius 1 is 1.58 bits per heavy atom. The van der Waals surface area contributed by atoms with E-state index in [0.29, 0.717) is 5.92 Å². The summed E-state index contributed by atoms with van der Waals surface area (Å²) in [7, 11) is 1.80. The molecule has 1 aromatic heterocycles. The number of nitrogens with zero attached hydrogens (tertiary/aromatic N) is 1. The SMILES string of the molecule is COC1(C(N)Cc2cncc(Br)c2)CCCC(C)C1. The van der Waals surface area contributed by atoms with E-state index in [0.717, 1.165) is 29.3 Å². The Balaban J connectivity index is 2.10. The van der Waals surface area contributed by atoms with Crippen LogP contribution in [0, 0.1) is 5.92 Å². The molecule has 0 radical (unpaired) electrons. The van der Waals surface area contributed by atoms with Crippen LogP contribution in [0.5, 0.6) is 0 Å². The lowest BCUT2D eigenvalue weighted by molar-refractivity contribution is -0.0705. The van der Waals surface area contributed by atoms with E-state index in [2.05, 4.69) is 33.9 Å². The van der Waals surface area contributed by atoms with E-state index in [1.807, 2.05) is 6.20 Å². The van der Waals surface area contributed by atoms with Crippen LogP contribution in [-0.4, -0.2) is 23.7 Å². The quantitative estimate of drug-likeness (QED) is 0.923. The van der Waals surface area contributed by atoms with Crippen molar-refractivity contribution in [3.63, 3.8) is 0 Å². The Morgan fingerprint density at radius 3 is 3.00 bits per heavy atom. The highest BCUT2D eigenvalue weighted by Crippen LogP contribution is 2.37. The van der Waals surface area contributed by atoms with Crippen molar-refractivity contribution >= 4 is 15.9 Å². The van der Waals surface area contributed by atoms with E-state index >= 15 is 0 Å². The van der Waals surface area contributed by atoms with Crippen LogP contribution in [0.3, 0.4) is 0 Å². The molecule has 1 heterocycles. The first-order valence-corrected chi connectivity index (χ1v) is 7.75. The Bertz CT molecular complexity index is 426. The van der Waals surface area contributed by atoms with E-state index in [-0.39, 0.29) is 11.6 Å². The van der Waals surface area contributed by atoms with Gasteiger partial charge in [-0.25, -0.2) is 0 Å². The molecule has 19 heavy (non-hydrogen) atoms. The topological polar surface area (TPSA) is 48.1 Å². The summed E-state index contributed by atoms with van der Waals surface area (Å²) in [5.41, 5.74) is 7.47. The van der Waals surface area contributed by atoms with Crippen LogP contribution in [0.4, 0.5) is 0 Å². The van der Waals surface area contributed by atoms with Crippen LogP contribution in [-0.2, 0) is 11.2 Å². The maximum Gasteiger partial charge on any atom is 0.0834 e. The first kappa shape index (κ1) is 14.9. The molecule has 0 spiro atoms. The number of halogens is 1. The van der Waals surface area contributed by atoms with Gasteiger partial charge in [-0.15, -0.1) is 0 Å². The van der Waals surface area contributed by atoms with Crippen molar-refractivity contribution in [3.8, 4) is 0 Å². The lowest BCUT2D eigenvalue weighted by Crippen LogP contribution is -2.53. The second-order valence-corrected chi connectivity index (χ2v) is 6.71. The Morgan fingerprint density at radius 2 is 2.37 bits per heavy atom. The number of hydrogen-bond donors (Lipinski definition) is 1. The zero-order chi connectivity index (χ0) is 13.9. The Hall–Kier alpha value is -0.450.